The highest BCUT2D eigenvalue weighted by molar-refractivity contribution is 14.1. The number of halogens is 3. The Morgan fingerprint density at radius 2 is 2.05 bits per heavy atom. The van der Waals surface area contributed by atoms with Crippen molar-refractivity contribution in [1.82, 2.24) is 0 Å². The molecule has 2 rings (SSSR count). The Kier molecular flexibility index (Phi) is 5.29. The molecule has 0 spiro atoms. The quantitative estimate of drug-likeness (QED) is 0.635. The molecular weight excluding hydrogens is 436 g/mol. The average Bonchev–Trinajstić information content (AvgIpc) is 2.36. The molecule has 1 nitrogen and oxygen atoms in total. The van der Waals surface area contributed by atoms with E-state index >= 15 is 0 Å². The van der Waals surface area contributed by atoms with Crippen LogP contribution in [0, 0.1) is 10.5 Å². The van der Waals surface area contributed by atoms with Gasteiger partial charge in [-0.25, -0.2) is 0 Å². The third kappa shape index (κ3) is 3.72. The summed E-state index contributed by atoms with van der Waals surface area (Å²) in [6, 6.07) is 12.1. The monoisotopic (exact) mass is 449 g/mol. The predicted octanol–water partition coefficient (Wildman–Crippen LogP) is 5.26. The Morgan fingerprint density at radius 3 is 2.74 bits per heavy atom. The van der Waals surface area contributed by atoms with Crippen LogP contribution in [0.4, 0.5) is 0 Å². The molecule has 0 saturated carbocycles. The van der Waals surface area contributed by atoms with Crippen LogP contribution in [0.1, 0.15) is 22.7 Å². The van der Waals surface area contributed by atoms with Crippen molar-refractivity contribution in [3.8, 4) is 0 Å². The molecule has 2 aromatic rings. The normalized spacial score (nSPS) is 12.5. The van der Waals surface area contributed by atoms with E-state index in [1.165, 1.54) is 14.7 Å². The molecule has 0 amide bonds. The summed E-state index contributed by atoms with van der Waals surface area (Å²) in [6.07, 6.45) is 0.742. The SMILES string of the molecule is Cc1cccc(C(N)Cc2ccc(Br)cc2Cl)c1I. The van der Waals surface area contributed by atoms with Crippen LogP contribution in [-0.4, -0.2) is 0 Å². The van der Waals surface area contributed by atoms with Gasteiger partial charge in [0, 0.05) is 19.1 Å². The van der Waals surface area contributed by atoms with Crippen LogP contribution in [0.5, 0.6) is 0 Å². The van der Waals surface area contributed by atoms with Gasteiger partial charge >= 0.3 is 0 Å². The number of hydrogen-bond donors (Lipinski definition) is 1. The Labute approximate surface area is 140 Å². The second-order valence-corrected chi connectivity index (χ2v) is 6.93. The first-order valence-corrected chi connectivity index (χ1v) is 8.18. The van der Waals surface area contributed by atoms with E-state index in [0.29, 0.717) is 0 Å². The fraction of sp³-hybridized carbons (Fsp3) is 0.200. The molecule has 2 N–H and O–H groups in total. The van der Waals surface area contributed by atoms with Crippen molar-refractivity contribution in [3.63, 3.8) is 0 Å². The number of benzene rings is 2. The molecule has 2 aromatic carbocycles. The van der Waals surface area contributed by atoms with Crippen LogP contribution >= 0.6 is 50.1 Å². The van der Waals surface area contributed by atoms with Gasteiger partial charge in [-0.15, -0.1) is 0 Å². The van der Waals surface area contributed by atoms with E-state index in [2.05, 4.69) is 63.6 Å². The third-order valence-electron chi connectivity index (χ3n) is 3.08. The van der Waals surface area contributed by atoms with E-state index in [4.69, 9.17) is 17.3 Å². The van der Waals surface area contributed by atoms with E-state index in [9.17, 15) is 0 Å². The summed E-state index contributed by atoms with van der Waals surface area (Å²) in [4.78, 5) is 0. The second-order valence-electron chi connectivity index (χ2n) is 4.52. The largest absolute Gasteiger partial charge is 0.324 e. The predicted molar refractivity (Wildman–Crippen MR) is 93.7 cm³/mol. The summed E-state index contributed by atoms with van der Waals surface area (Å²) >= 11 is 12.0. The molecule has 0 aliphatic rings. The maximum atomic E-state index is 6.33. The molecule has 19 heavy (non-hydrogen) atoms. The summed E-state index contributed by atoms with van der Waals surface area (Å²) < 4.78 is 2.22. The lowest BCUT2D eigenvalue weighted by atomic mass is 9.98. The van der Waals surface area contributed by atoms with Crippen molar-refractivity contribution in [2.75, 3.05) is 0 Å². The third-order valence-corrected chi connectivity index (χ3v) is 5.39. The molecule has 100 valence electrons. The molecule has 0 radical (unpaired) electrons. The van der Waals surface area contributed by atoms with Crippen LogP contribution in [-0.2, 0) is 6.42 Å². The maximum Gasteiger partial charge on any atom is 0.0449 e. The lowest BCUT2D eigenvalue weighted by Gasteiger charge is -2.16. The van der Waals surface area contributed by atoms with E-state index in [1.807, 2.05) is 18.2 Å². The van der Waals surface area contributed by atoms with E-state index < -0.39 is 0 Å². The van der Waals surface area contributed by atoms with Gasteiger partial charge in [0.1, 0.15) is 0 Å². The number of aryl methyl sites for hydroxylation is 1. The smallest absolute Gasteiger partial charge is 0.0449 e. The van der Waals surface area contributed by atoms with E-state index in [-0.39, 0.29) is 6.04 Å². The number of nitrogens with two attached hydrogens (primary N) is 1. The number of hydrogen-bond acceptors (Lipinski definition) is 1. The first-order valence-electron chi connectivity index (χ1n) is 5.93. The minimum atomic E-state index is -0.0366. The molecule has 1 atom stereocenters. The van der Waals surface area contributed by atoms with Gasteiger partial charge in [0.25, 0.3) is 0 Å². The van der Waals surface area contributed by atoms with Crippen molar-refractivity contribution < 1.29 is 0 Å². The zero-order valence-electron chi connectivity index (χ0n) is 10.5. The van der Waals surface area contributed by atoms with Crippen LogP contribution in [0.25, 0.3) is 0 Å². The molecule has 0 saturated heterocycles. The summed E-state index contributed by atoms with van der Waals surface area (Å²) in [7, 11) is 0. The van der Waals surface area contributed by atoms with E-state index in [1.54, 1.807) is 0 Å². The van der Waals surface area contributed by atoms with Crippen LogP contribution in [0.2, 0.25) is 5.02 Å². The first-order chi connectivity index (χ1) is 8.99. The molecule has 0 aliphatic heterocycles. The summed E-state index contributed by atoms with van der Waals surface area (Å²) in [6.45, 7) is 2.10. The van der Waals surface area contributed by atoms with Crippen molar-refractivity contribution >= 4 is 50.1 Å². The second kappa shape index (κ2) is 6.57. The van der Waals surface area contributed by atoms with Gasteiger partial charge in [0.2, 0.25) is 0 Å². The zero-order chi connectivity index (χ0) is 14.0. The van der Waals surface area contributed by atoms with Gasteiger partial charge in [0.05, 0.1) is 0 Å². The van der Waals surface area contributed by atoms with Crippen molar-refractivity contribution in [2.24, 2.45) is 5.73 Å². The zero-order valence-corrected chi connectivity index (χ0v) is 15.0. The van der Waals surface area contributed by atoms with E-state index in [0.717, 1.165) is 21.5 Å². The molecular formula is C15H14BrClIN. The van der Waals surface area contributed by atoms with Crippen LogP contribution in [0.3, 0.4) is 0 Å². The minimum Gasteiger partial charge on any atom is -0.324 e. The van der Waals surface area contributed by atoms with Gasteiger partial charge in [-0.05, 0) is 64.8 Å². The van der Waals surface area contributed by atoms with Gasteiger partial charge in [-0.2, -0.15) is 0 Å². The van der Waals surface area contributed by atoms with Crippen LogP contribution in [0.15, 0.2) is 40.9 Å². The highest BCUT2D eigenvalue weighted by Crippen LogP contribution is 2.28. The Hall–Kier alpha value is -0.100. The minimum absolute atomic E-state index is 0.0366. The van der Waals surface area contributed by atoms with Crippen molar-refractivity contribution in [2.45, 2.75) is 19.4 Å². The highest BCUT2D eigenvalue weighted by atomic mass is 127. The molecule has 0 fully saturated rings. The van der Waals surface area contributed by atoms with Crippen molar-refractivity contribution in [3.05, 3.63) is 66.2 Å². The average molecular weight is 451 g/mol. The standard InChI is InChI=1S/C15H14BrClIN/c1-9-3-2-4-12(15(9)18)14(19)7-10-5-6-11(16)8-13(10)17/h2-6,8,14H,7,19H2,1H3. The van der Waals surface area contributed by atoms with Gasteiger partial charge in [-0.3, -0.25) is 0 Å². The lowest BCUT2D eigenvalue weighted by molar-refractivity contribution is 0.717. The Bertz CT molecular complexity index is 601. The highest BCUT2D eigenvalue weighted by Gasteiger charge is 2.13. The maximum absolute atomic E-state index is 6.33. The van der Waals surface area contributed by atoms with Crippen LogP contribution < -0.4 is 5.73 Å². The molecule has 0 aliphatic carbocycles. The Balaban J connectivity index is 2.25. The van der Waals surface area contributed by atoms with Crippen molar-refractivity contribution in [1.29, 1.82) is 0 Å². The molecule has 0 heterocycles. The van der Waals surface area contributed by atoms with Gasteiger partial charge in [-0.1, -0.05) is 51.8 Å². The molecule has 0 bridgehead atoms. The molecule has 0 aromatic heterocycles. The van der Waals surface area contributed by atoms with Gasteiger partial charge < -0.3 is 5.73 Å². The Morgan fingerprint density at radius 1 is 1.32 bits per heavy atom. The number of rotatable bonds is 3. The molecule has 1 unspecified atom stereocenters. The summed E-state index contributed by atoms with van der Waals surface area (Å²) in [5.74, 6) is 0. The fourth-order valence-corrected chi connectivity index (χ4v) is 3.50. The molecule has 4 heteroatoms. The summed E-state index contributed by atoms with van der Waals surface area (Å²) in [5.41, 5.74) is 9.85. The first kappa shape index (κ1) is 15.3. The lowest BCUT2D eigenvalue weighted by Crippen LogP contribution is -2.15. The fourth-order valence-electron chi connectivity index (χ4n) is 1.99. The summed E-state index contributed by atoms with van der Waals surface area (Å²) in [5, 5.41) is 0.757. The topological polar surface area (TPSA) is 26.0 Å². The van der Waals surface area contributed by atoms with Gasteiger partial charge in [0.15, 0.2) is 0 Å².